The van der Waals surface area contributed by atoms with Crippen molar-refractivity contribution in [1.82, 2.24) is 4.90 Å². The molecule has 5 nitrogen and oxygen atoms in total. The molecule has 1 heterocycles. The number of hydrogen-bond donors (Lipinski definition) is 1. The highest BCUT2D eigenvalue weighted by molar-refractivity contribution is 6.41. The van der Waals surface area contributed by atoms with E-state index in [1.54, 1.807) is 6.20 Å². The molecule has 1 aliphatic carbocycles. The molecule has 1 N–H and O–H groups in total. The van der Waals surface area contributed by atoms with Crippen LogP contribution in [-0.4, -0.2) is 33.3 Å². The first-order chi connectivity index (χ1) is 14.2. The average Bonchev–Trinajstić information content (AvgIpc) is 3.15. The summed E-state index contributed by atoms with van der Waals surface area (Å²) >= 11 is 0. The van der Waals surface area contributed by atoms with Gasteiger partial charge in [-0.2, -0.15) is 5.26 Å². The molecule has 0 aromatic heterocycles. The number of rotatable bonds is 4. The molecule has 5 heteroatoms. The Bertz CT molecular complexity index is 853. The molecule has 4 atom stereocenters. The number of aliphatic hydroxyl groups is 1. The van der Waals surface area contributed by atoms with Gasteiger partial charge >= 0.3 is 0 Å². The highest BCUT2D eigenvalue weighted by atomic mass is 16.3. The first-order valence-corrected chi connectivity index (χ1v) is 10.9. The fourth-order valence-electron chi connectivity index (χ4n) is 5.13. The molecule has 30 heavy (non-hydrogen) atoms. The second-order valence-corrected chi connectivity index (χ2v) is 9.56. The molecular weight excluding hydrogens is 374 g/mol. The van der Waals surface area contributed by atoms with Gasteiger partial charge in [0.25, 0.3) is 5.91 Å². The Balaban J connectivity index is 1.98. The molecule has 1 fully saturated rings. The van der Waals surface area contributed by atoms with E-state index in [0.29, 0.717) is 37.4 Å². The van der Waals surface area contributed by atoms with Gasteiger partial charge in [-0.05, 0) is 37.7 Å². The van der Waals surface area contributed by atoms with Crippen LogP contribution in [0.2, 0.25) is 0 Å². The molecule has 0 spiro atoms. The highest BCUT2D eigenvalue weighted by Gasteiger charge is 2.44. The molecule has 3 rings (SSSR count). The molecule has 1 saturated carbocycles. The topological polar surface area (TPSA) is 76.7 Å². The van der Waals surface area contributed by atoms with E-state index >= 15 is 0 Å². The largest absolute Gasteiger partial charge is 0.390 e. The van der Waals surface area contributed by atoms with Gasteiger partial charge < -0.3 is 5.11 Å². The smallest absolute Gasteiger partial charge is 0.273 e. The molecule has 0 bridgehead atoms. The number of carbonyl (C=O) groups is 1. The molecule has 0 saturated heterocycles. The van der Waals surface area contributed by atoms with Gasteiger partial charge in [0.05, 0.1) is 18.2 Å². The first kappa shape index (κ1) is 22.2. The fraction of sp³-hybridized carbons (Fsp3) is 0.560. The molecule has 2 aliphatic rings. The standard InChI is InChI=1S/C25H33N3O2/c1-19-9-7-13-24(2,18-25(3,30)15-19)22(27-17-20-10-5-4-6-11-20)23(29)28-14-8-12-21(28)16-26/h4-6,8,10-11,14,19,21,30H,7,9,12-13,15,17-18H2,1-3H3/b27-22+/t19?,21?,24?,25-/m0/s1. The predicted octanol–water partition coefficient (Wildman–Crippen LogP) is 4.62. The van der Waals surface area contributed by atoms with Crippen molar-refractivity contribution in [2.24, 2.45) is 16.3 Å². The lowest BCUT2D eigenvalue weighted by atomic mass is 9.67. The van der Waals surface area contributed by atoms with Gasteiger partial charge in [0.15, 0.2) is 0 Å². The summed E-state index contributed by atoms with van der Waals surface area (Å²) in [7, 11) is 0. The van der Waals surface area contributed by atoms with Crippen LogP contribution >= 0.6 is 0 Å². The second-order valence-electron chi connectivity index (χ2n) is 9.56. The highest BCUT2D eigenvalue weighted by Crippen LogP contribution is 2.42. The summed E-state index contributed by atoms with van der Waals surface area (Å²) < 4.78 is 0. The van der Waals surface area contributed by atoms with Crippen molar-refractivity contribution in [3.63, 3.8) is 0 Å². The van der Waals surface area contributed by atoms with Crippen molar-refractivity contribution in [3.8, 4) is 6.07 Å². The fourth-order valence-corrected chi connectivity index (χ4v) is 5.13. The van der Waals surface area contributed by atoms with Gasteiger partial charge in [-0.1, -0.05) is 63.1 Å². The number of benzene rings is 1. The number of amides is 1. The van der Waals surface area contributed by atoms with E-state index in [1.165, 1.54) is 4.90 Å². The summed E-state index contributed by atoms with van der Waals surface area (Å²) in [5.41, 5.74) is 0.100. The SMILES string of the molecule is CC1CCCC(C)(/C(=N/Cc2ccccc2)C(=O)N2C=CCC2C#N)C[C@@](C)(O)C1. The number of carbonyl (C=O) groups excluding carboxylic acids is 1. The van der Waals surface area contributed by atoms with E-state index in [1.807, 2.05) is 43.3 Å². The minimum atomic E-state index is -0.863. The average molecular weight is 408 g/mol. The molecule has 0 radical (unpaired) electrons. The predicted molar refractivity (Wildman–Crippen MR) is 119 cm³/mol. The summed E-state index contributed by atoms with van der Waals surface area (Å²) in [6.07, 6.45) is 8.12. The van der Waals surface area contributed by atoms with E-state index in [2.05, 4.69) is 19.9 Å². The Kier molecular flexibility index (Phi) is 6.77. The Hall–Kier alpha value is -2.45. The van der Waals surface area contributed by atoms with E-state index in [-0.39, 0.29) is 5.91 Å². The number of aliphatic imine (C=N–C) groups is 1. The lowest BCUT2D eigenvalue weighted by molar-refractivity contribution is -0.123. The van der Waals surface area contributed by atoms with Crippen LogP contribution in [0.5, 0.6) is 0 Å². The molecule has 3 unspecified atom stereocenters. The van der Waals surface area contributed by atoms with Gasteiger partial charge in [0.1, 0.15) is 11.8 Å². The van der Waals surface area contributed by atoms with Crippen LogP contribution in [-0.2, 0) is 11.3 Å². The van der Waals surface area contributed by atoms with Gasteiger partial charge in [-0.15, -0.1) is 0 Å². The minimum Gasteiger partial charge on any atom is -0.390 e. The van der Waals surface area contributed by atoms with Crippen LogP contribution in [0.4, 0.5) is 0 Å². The van der Waals surface area contributed by atoms with E-state index < -0.39 is 17.1 Å². The van der Waals surface area contributed by atoms with Gasteiger partial charge in [-0.3, -0.25) is 14.7 Å². The molecule has 1 aromatic carbocycles. The summed E-state index contributed by atoms with van der Waals surface area (Å²) in [4.78, 5) is 20.0. The summed E-state index contributed by atoms with van der Waals surface area (Å²) in [6.45, 7) is 6.52. The zero-order valence-corrected chi connectivity index (χ0v) is 18.3. The molecule has 1 aliphatic heterocycles. The maximum atomic E-state index is 13.6. The third-order valence-corrected chi connectivity index (χ3v) is 6.37. The van der Waals surface area contributed by atoms with Gasteiger partial charge in [-0.25, -0.2) is 0 Å². The van der Waals surface area contributed by atoms with Gasteiger partial charge in [0.2, 0.25) is 0 Å². The summed E-state index contributed by atoms with van der Waals surface area (Å²) in [5, 5.41) is 20.6. The Morgan fingerprint density at radius 2 is 2.07 bits per heavy atom. The van der Waals surface area contributed by atoms with Crippen molar-refractivity contribution in [1.29, 1.82) is 5.26 Å². The zero-order valence-electron chi connectivity index (χ0n) is 18.3. The number of hydrogen-bond acceptors (Lipinski definition) is 4. The number of nitrogens with zero attached hydrogens (tertiary/aromatic N) is 3. The van der Waals surface area contributed by atoms with Crippen molar-refractivity contribution >= 4 is 11.6 Å². The van der Waals surface area contributed by atoms with E-state index in [4.69, 9.17) is 4.99 Å². The van der Waals surface area contributed by atoms with Crippen LogP contribution in [0.1, 0.15) is 64.9 Å². The Morgan fingerprint density at radius 1 is 1.33 bits per heavy atom. The zero-order chi connectivity index (χ0) is 21.8. The molecule has 1 aromatic rings. The normalized spacial score (nSPS) is 32.4. The van der Waals surface area contributed by atoms with Crippen LogP contribution in [0.15, 0.2) is 47.6 Å². The second kappa shape index (κ2) is 9.14. The van der Waals surface area contributed by atoms with Crippen molar-refractivity contribution in [2.45, 2.75) is 77.5 Å². The van der Waals surface area contributed by atoms with Crippen LogP contribution < -0.4 is 0 Å². The summed E-state index contributed by atoms with van der Waals surface area (Å²) in [6, 6.07) is 11.6. The van der Waals surface area contributed by atoms with Crippen molar-refractivity contribution < 1.29 is 9.90 Å². The quantitative estimate of drug-likeness (QED) is 0.740. The molecule has 1 amide bonds. The van der Waals surface area contributed by atoms with Crippen LogP contribution in [0, 0.1) is 22.7 Å². The Labute approximate surface area is 180 Å². The lowest BCUT2D eigenvalue weighted by Crippen LogP contribution is -2.48. The first-order valence-electron chi connectivity index (χ1n) is 10.9. The third kappa shape index (κ3) is 5.17. The van der Waals surface area contributed by atoms with Crippen LogP contribution in [0.3, 0.4) is 0 Å². The third-order valence-electron chi connectivity index (χ3n) is 6.37. The maximum Gasteiger partial charge on any atom is 0.273 e. The van der Waals surface area contributed by atoms with Gasteiger partial charge in [0, 0.05) is 18.0 Å². The monoisotopic (exact) mass is 407 g/mol. The molecular formula is C25H33N3O2. The maximum absolute atomic E-state index is 13.6. The van der Waals surface area contributed by atoms with Crippen molar-refractivity contribution in [2.75, 3.05) is 0 Å². The summed E-state index contributed by atoms with van der Waals surface area (Å²) in [5.74, 6) is 0.243. The van der Waals surface area contributed by atoms with E-state index in [9.17, 15) is 15.2 Å². The Morgan fingerprint density at radius 3 is 2.77 bits per heavy atom. The minimum absolute atomic E-state index is 0.210. The lowest BCUT2D eigenvalue weighted by Gasteiger charge is -2.41. The van der Waals surface area contributed by atoms with Crippen molar-refractivity contribution in [3.05, 3.63) is 48.2 Å². The number of nitriles is 1. The van der Waals surface area contributed by atoms with Crippen LogP contribution in [0.25, 0.3) is 0 Å². The molecule has 160 valence electrons. The van der Waals surface area contributed by atoms with E-state index in [0.717, 1.165) is 24.8 Å².